The Morgan fingerprint density at radius 3 is 2.74 bits per heavy atom. The quantitative estimate of drug-likeness (QED) is 0.847. The highest BCUT2D eigenvalue weighted by atomic mass is 32.2. The molecule has 2 aromatic carbocycles. The summed E-state index contributed by atoms with van der Waals surface area (Å²) in [5.41, 5.74) is 3.34. The topological polar surface area (TPSA) is 32.7 Å². The monoisotopic (exact) mass is 327 g/mol. The van der Waals surface area contributed by atoms with Gasteiger partial charge in [0.2, 0.25) is 0 Å². The smallest absolute Gasteiger partial charge is 0.119 e. The highest BCUT2D eigenvalue weighted by Crippen LogP contribution is 2.31. The first-order valence-corrected chi connectivity index (χ1v) is 8.63. The summed E-state index contributed by atoms with van der Waals surface area (Å²) in [5, 5.41) is 9.41. The predicted molar refractivity (Wildman–Crippen MR) is 95.9 cm³/mol. The van der Waals surface area contributed by atoms with Gasteiger partial charge in [-0.1, -0.05) is 30.8 Å². The molecule has 0 saturated heterocycles. The van der Waals surface area contributed by atoms with Crippen molar-refractivity contribution < 1.29 is 9.84 Å². The van der Waals surface area contributed by atoms with Crippen LogP contribution in [-0.2, 0) is 13.1 Å². The summed E-state index contributed by atoms with van der Waals surface area (Å²) in [4.78, 5) is 3.79. The van der Waals surface area contributed by atoms with Gasteiger partial charge < -0.3 is 9.84 Å². The average molecular weight is 327 g/mol. The van der Waals surface area contributed by atoms with E-state index in [0.29, 0.717) is 0 Å². The molecule has 0 spiro atoms. The number of benzene rings is 2. The third-order valence-electron chi connectivity index (χ3n) is 4.02. The summed E-state index contributed by atoms with van der Waals surface area (Å²) in [6.07, 6.45) is 0. The lowest BCUT2D eigenvalue weighted by atomic mass is 10.1. The summed E-state index contributed by atoms with van der Waals surface area (Å²) in [6.45, 7) is 6.43. The zero-order valence-electron chi connectivity index (χ0n) is 13.3. The molecule has 0 atom stereocenters. The van der Waals surface area contributed by atoms with E-state index < -0.39 is 0 Å². The van der Waals surface area contributed by atoms with Crippen LogP contribution in [0.3, 0.4) is 0 Å². The highest BCUT2D eigenvalue weighted by molar-refractivity contribution is 7.99. The molecule has 0 unspecified atom stereocenters. The van der Waals surface area contributed by atoms with E-state index in [4.69, 9.17) is 4.74 Å². The van der Waals surface area contributed by atoms with Gasteiger partial charge in [-0.2, -0.15) is 0 Å². The molecule has 1 aliphatic rings. The Morgan fingerprint density at radius 2 is 2.04 bits per heavy atom. The highest BCUT2D eigenvalue weighted by Gasteiger charge is 2.16. The van der Waals surface area contributed by atoms with Crippen LogP contribution in [0.2, 0.25) is 0 Å². The lowest BCUT2D eigenvalue weighted by Gasteiger charge is -2.20. The van der Waals surface area contributed by atoms with Gasteiger partial charge in [0.25, 0.3) is 0 Å². The van der Waals surface area contributed by atoms with Crippen molar-refractivity contribution >= 4 is 17.5 Å². The van der Waals surface area contributed by atoms with Crippen molar-refractivity contribution in [2.24, 2.45) is 0 Å². The normalized spacial score (nSPS) is 14.8. The predicted octanol–water partition coefficient (Wildman–Crippen LogP) is 4.33. The van der Waals surface area contributed by atoms with Crippen molar-refractivity contribution in [2.45, 2.75) is 18.0 Å². The zero-order valence-corrected chi connectivity index (χ0v) is 14.1. The number of rotatable bonds is 4. The molecule has 0 bridgehead atoms. The van der Waals surface area contributed by atoms with Gasteiger partial charge in [0.1, 0.15) is 11.5 Å². The molecule has 1 heterocycles. The SMILES string of the molecule is C=C(O)c1ccc(CN2CCSc3ccc(OC)cc3C2)cc1. The van der Waals surface area contributed by atoms with E-state index in [1.165, 1.54) is 16.0 Å². The summed E-state index contributed by atoms with van der Waals surface area (Å²) < 4.78 is 5.35. The maximum absolute atomic E-state index is 9.41. The number of ether oxygens (including phenoxy) is 1. The van der Waals surface area contributed by atoms with Crippen LogP contribution in [0.25, 0.3) is 5.76 Å². The molecular weight excluding hydrogens is 306 g/mol. The number of aliphatic hydroxyl groups excluding tert-OH is 1. The fraction of sp³-hybridized carbons (Fsp3) is 0.263. The molecule has 23 heavy (non-hydrogen) atoms. The van der Waals surface area contributed by atoms with Crippen LogP contribution in [0.15, 0.2) is 53.9 Å². The molecule has 0 fully saturated rings. The lowest BCUT2D eigenvalue weighted by Crippen LogP contribution is -2.24. The van der Waals surface area contributed by atoms with Gasteiger partial charge in [0.05, 0.1) is 7.11 Å². The molecule has 0 radical (unpaired) electrons. The van der Waals surface area contributed by atoms with E-state index in [0.717, 1.165) is 36.7 Å². The van der Waals surface area contributed by atoms with Gasteiger partial charge in [-0.3, -0.25) is 4.90 Å². The molecule has 3 rings (SSSR count). The Hall–Kier alpha value is -1.91. The molecule has 2 aromatic rings. The molecule has 4 heteroatoms. The number of hydrogen-bond acceptors (Lipinski definition) is 4. The maximum atomic E-state index is 9.41. The number of thioether (sulfide) groups is 1. The van der Waals surface area contributed by atoms with Crippen molar-refractivity contribution in [2.75, 3.05) is 19.4 Å². The largest absolute Gasteiger partial charge is 0.508 e. The molecule has 0 aliphatic carbocycles. The third-order valence-corrected chi connectivity index (χ3v) is 5.12. The van der Waals surface area contributed by atoms with Gasteiger partial charge in [0, 0.05) is 35.8 Å². The van der Waals surface area contributed by atoms with Crippen molar-refractivity contribution in [3.63, 3.8) is 0 Å². The van der Waals surface area contributed by atoms with Crippen LogP contribution < -0.4 is 4.74 Å². The van der Waals surface area contributed by atoms with E-state index in [2.05, 4.69) is 35.7 Å². The van der Waals surface area contributed by atoms with E-state index in [9.17, 15) is 5.11 Å². The fourth-order valence-electron chi connectivity index (χ4n) is 2.75. The van der Waals surface area contributed by atoms with Crippen LogP contribution in [0.5, 0.6) is 5.75 Å². The van der Waals surface area contributed by atoms with Crippen molar-refractivity contribution in [3.8, 4) is 5.75 Å². The molecule has 0 saturated carbocycles. The van der Waals surface area contributed by atoms with E-state index in [-0.39, 0.29) is 5.76 Å². The molecule has 1 N–H and O–H groups in total. The van der Waals surface area contributed by atoms with Crippen LogP contribution in [0.4, 0.5) is 0 Å². The van der Waals surface area contributed by atoms with Crippen LogP contribution in [-0.4, -0.2) is 29.4 Å². The number of nitrogens with zero attached hydrogens (tertiary/aromatic N) is 1. The van der Waals surface area contributed by atoms with Crippen molar-refractivity contribution in [1.29, 1.82) is 0 Å². The number of methoxy groups -OCH3 is 1. The minimum absolute atomic E-state index is 0.115. The Kier molecular flexibility index (Phi) is 4.94. The molecule has 1 aliphatic heterocycles. The van der Waals surface area contributed by atoms with Crippen LogP contribution in [0.1, 0.15) is 16.7 Å². The van der Waals surface area contributed by atoms with Gasteiger partial charge in [-0.05, 0) is 29.3 Å². The van der Waals surface area contributed by atoms with E-state index in [1.54, 1.807) is 7.11 Å². The standard InChI is InChI=1S/C19H21NO2S/c1-14(21)16-5-3-15(4-6-16)12-20-9-10-23-19-8-7-18(22-2)11-17(19)13-20/h3-8,11,21H,1,9-10,12-13H2,2H3. The average Bonchev–Trinajstić information content (AvgIpc) is 2.76. The Balaban J connectivity index is 1.74. The van der Waals surface area contributed by atoms with Gasteiger partial charge >= 0.3 is 0 Å². The summed E-state index contributed by atoms with van der Waals surface area (Å²) in [5.74, 6) is 2.12. The minimum Gasteiger partial charge on any atom is -0.508 e. The Morgan fingerprint density at radius 1 is 1.26 bits per heavy atom. The second kappa shape index (κ2) is 7.11. The molecule has 120 valence electrons. The fourth-order valence-corrected chi connectivity index (χ4v) is 3.79. The Labute approximate surface area is 141 Å². The van der Waals surface area contributed by atoms with Gasteiger partial charge in [0.15, 0.2) is 0 Å². The maximum Gasteiger partial charge on any atom is 0.119 e. The van der Waals surface area contributed by atoms with Crippen LogP contribution >= 0.6 is 11.8 Å². The van der Waals surface area contributed by atoms with E-state index >= 15 is 0 Å². The Bertz CT molecular complexity index is 697. The van der Waals surface area contributed by atoms with Gasteiger partial charge in [-0.25, -0.2) is 0 Å². The zero-order chi connectivity index (χ0) is 16.2. The minimum atomic E-state index is 0.115. The summed E-state index contributed by atoms with van der Waals surface area (Å²) in [6, 6.07) is 14.3. The molecule has 0 amide bonds. The van der Waals surface area contributed by atoms with Crippen molar-refractivity contribution in [1.82, 2.24) is 4.90 Å². The molecule has 0 aromatic heterocycles. The first-order valence-electron chi connectivity index (χ1n) is 7.65. The lowest BCUT2D eigenvalue weighted by molar-refractivity contribution is 0.274. The second-order valence-corrected chi connectivity index (χ2v) is 6.81. The number of aliphatic hydroxyl groups is 1. The summed E-state index contributed by atoms with van der Waals surface area (Å²) in [7, 11) is 1.71. The van der Waals surface area contributed by atoms with Crippen LogP contribution in [0, 0.1) is 0 Å². The first kappa shape index (κ1) is 16.0. The van der Waals surface area contributed by atoms with E-state index in [1.807, 2.05) is 30.0 Å². The van der Waals surface area contributed by atoms with Gasteiger partial charge in [-0.15, -0.1) is 11.8 Å². The third kappa shape index (κ3) is 3.89. The number of hydrogen-bond donors (Lipinski definition) is 1. The molecular formula is C19H21NO2S. The molecule has 3 nitrogen and oxygen atoms in total. The number of fused-ring (bicyclic) bond motifs is 1. The second-order valence-electron chi connectivity index (χ2n) is 5.68. The first-order chi connectivity index (χ1) is 11.2. The van der Waals surface area contributed by atoms with Crippen molar-refractivity contribution in [3.05, 3.63) is 65.7 Å². The summed E-state index contributed by atoms with van der Waals surface area (Å²) >= 11 is 1.91.